The van der Waals surface area contributed by atoms with Crippen molar-refractivity contribution in [2.75, 3.05) is 0 Å². The van der Waals surface area contributed by atoms with Crippen LogP contribution in [0.1, 0.15) is 37.5 Å². The maximum atomic E-state index is 12.1. The summed E-state index contributed by atoms with van der Waals surface area (Å²) in [6.45, 7) is 9.61. The van der Waals surface area contributed by atoms with Gasteiger partial charge in [-0.2, -0.15) is 0 Å². The lowest BCUT2D eigenvalue weighted by Gasteiger charge is -2.20. The van der Waals surface area contributed by atoms with Crippen molar-refractivity contribution in [1.82, 2.24) is 0 Å². The van der Waals surface area contributed by atoms with E-state index in [-0.39, 0.29) is 22.4 Å². The molecule has 1 N–H and O–H groups in total. The minimum Gasteiger partial charge on any atom is -0.504 e. The van der Waals surface area contributed by atoms with E-state index < -0.39 is 0 Å². The van der Waals surface area contributed by atoms with E-state index in [0.717, 1.165) is 10.9 Å². The molecule has 0 saturated heterocycles. The van der Waals surface area contributed by atoms with Crippen LogP contribution >= 0.6 is 0 Å². The van der Waals surface area contributed by atoms with E-state index in [2.05, 4.69) is 0 Å². The van der Waals surface area contributed by atoms with Gasteiger partial charge in [0.05, 0.1) is 0 Å². The third kappa shape index (κ3) is 1.80. The molecule has 2 rings (SSSR count). The molecule has 0 amide bonds. The van der Waals surface area contributed by atoms with Crippen LogP contribution in [-0.2, 0) is 5.41 Å². The fourth-order valence-corrected chi connectivity index (χ4v) is 2.37. The van der Waals surface area contributed by atoms with Gasteiger partial charge in [0.15, 0.2) is 11.3 Å². The second-order valence-corrected chi connectivity index (χ2v) is 5.75. The second-order valence-electron chi connectivity index (χ2n) is 5.75. The minimum absolute atomic E-state index is 0.0492. The molecule has 0 unspecified atom stereocenters. The van der Waals surface area contributed by atoms with E-state index >= 15 is 0 Å². The Morgan fingerprint density at radius 2 is 1.78 bits per heavy atom. The topological polar surface area (TPSA) is 50.4 Å². The van der Waals surface area contributed by atoms with Crippen LogP contribution in [0, 0.1) is 13.8 Å². The molecule has 0 aliphatic heterocycles. The molecule has 0 radical (unpaired) electrons. The predicted octanol–water partition coefficient (Wildman–Crippen LogP) is 3.41. The first kappa shape index (κ1) is 12.7. The Hall–Kier alpha value is -1.77. The van der Waals surface area contributed by atoms with E-state index in [9.17, 15) is 9.90 Å². The summed E-state index contributed by atoms with van der Waals surface area (Å²) >= 11 is 0. The molecule has 0 aliphatic carbocycles. The zero-order valence-corrected chi connectivity index (χ0v) is 11.4. The van der Waals surface area contributed by atoms with Gasteiger partial charge >= 0.3 is 5.63 Å². The molecule has 0 saturated carbocycles. The summed E-state index contributed by atoms with van der Waals surface area (Å²) < 4.78 is 5.31. The first-order valence-electron chi connectivity index (χ1n) is 6.00. The molecule has 1 aromatic carbocycles. The van der Waals surface area contributed by atoms with Gasteiger partial charge in [-0.25, -0.2) is 4.79 Å². The summed E-state index contributed by atoms with van der Waals surface area (Å²) in [5.74, 6) is 0.0492. The molecule has 1 aromatic heterocycles. The van der Waals surface area contributed by atoms with Gasteiger partial charge in [0.2, 0.25) is 0 Å². The van der Waals surface area contributed by atoms with Crippen molar-refractivity contribution >= 4 is 11.0 Å². The van der Waals surface area contributed by atoms with Gasteiger partial charge in [0, 0.05) is 10.9 Å². The molecule has 1 heterocycles. The Balaban J connectivity index is 2.98. The average molecular weight is 246 g/mol. The van der Waals surface area contributed by atoms with Gasteiger partial charge < -0.3 is 9.52 Å². The monoisotopic (exact) mass is 246 g/mol. The van der Waals surface area contributed by atoms with Crippen LogP contribution in [0.15, 0.2) is 21.3 Å². The molecule has 0 atom stereocenters. The summed E-state index contributed by atoms with van der Waals surface area (Å²) in [4.78, 5) is 12.1. The lowest BCUT2D eigenvalue weighted by atomic mass is 9.84. The highest BCUT2D eigenvalue weighted by Gasteiger charge is 2.24. The summed E-state index contributed by atoms with van der Waals surface area (Å²) in [7, 11) is 0. The quantitative estimate of drug-likeness (QED) is 0.725. The van der Waals surface area contributed by atoms with Gasteiger partial charge in [0.25, 0.3) is 0 Å². The second kappa shape index (κ2) is 3.87. The maximum absolute atomic E-state index is 12.1. The van der Waals surface area contributed by atoms with Gasteiger partial charge in [-0.15, -0.1) is 0 Å². The zero-order valence-electron chi connectivity index (χ0n) is 11.4. The van der Waals surface area contributed by atoms with Crippen molar-refractivity contribution in [2.45, 2.75) is 40.0 Å². The fraction of sp³-hybridized carbons (Fsp3) is 0.400. The summed E-state index contributed by atoms with van der Waals surface area (Å²) in [6.07, 6.45) is 0. The predicted molar refractivity (Wildman–Crippen MR) is 72.3 cm³/mol. The molecule has 3 heteroatoms. The number of phenols is 1. The van der Waals surface area contributed by atoms with E-state index in [1.54, 1.807) is 6.92 Å². The van der Waals surface area contributed by atoms with E-state index in [1.807, 2.05) is 39.8 Å². The highest BCUT2D eigenvalue weighted by atomic mass is 16.4. The van der Waals surface area contributed by atoms with Gasteiger partial charge in [-0.1, -0.05) is 32.9 Å². The standard InChI is InChI=1S/C15H18O3/c1-8-6-7-10-9(2)11(15(3,4)5)14(17)18-13(10)12(8)16/h6-7,16H,1-5H3. The largest absolute Gasteiger partial charge is 0.504 e. The average Bonchev–Trinajstić information content (AvgIpc) is 2.22. The zero-order chi connectivity index (χ0) is 13.7. The number of fused-ring (bicyclic) bond motifs is 1. The number of aryl methyl sites for hydroxylation is 2. The number of benzene rings is 1. The fourth-order valence-electron chi connectivity index (χ4n) is 2.37. The number of hydrogen-bond acceptors (Lipinski definition) is 3. The van der Waals surface area contributed by atoms with Gasteiger partial charge in [-0.3, -0.25) is 0 Å². The summed E-state index contributed by atoms with van der Waals surface area (Å²) in [6, 6.07) is 3.72. The number of hydrogen-bond donors (Lipinski definition) is 1. The minimum atomic E-state index is -0.367. The molecule has 18 heavy (non-hydrogen) atoms. The highest BCUT2D eigenvalue weighted by Crippen LogP contribution is 2.33. The Morgan fingerprint density at radius 1 is 1.17 bits per heavy atom. The smallest absolute Gasteiger partial charge is 0.340 e. The lowest BCUT2D eigenvalue weighted by molar-refractivity contribution is 0.445. The lowest BCUT2D eigenvalue weighted by Crippen LogP contribution is -2.23. The Bertz CT molecular complexity index is 673. The van der Waals surface area contributed by atoms with Crippen LogP contribution in [0.4, 0.5) is 0 Å². The Morgan fingerprint density at radius 3 is 2.33 bits per heavy atom. The molecular formula is C15H18O3. The molecule has 3 nitrogen and oxygen atoms in total. The molecular weight excluding hydrogens is 228 g/mol. The number of phenolic OH excluding ortho intramolecular Hbond substituents is 1. The van der Waals surface area contributed by atoms with Crippen LogP contribution < -0.4 is 5.63 Å². The first-order chi connectivity index (χ1) is 8.23. The first-order valence-corrected chi connectivity index (χ1v) is 6.00. The SMILES string of the molecule is Cc1ccc2c(C)c(C(C)(C)C)c(=O)oc2c1O. The van der Waals surface area contributed by atoms with Crippen molar-refractivity contribution in [1.29, 1.82) is 0 Å². The Kier molecular flexibility index (Phi) is 2.73. The van der Waals surface area contributed by atoms with Crippen LogP contribution in [0.5, 0.6) is 5.75 Å². The summed E-state index contributed by atoms with van der Waals surface area (Å²) in [5.41, 5.74) is 1.88. The van der Waals surface area contributed by atoms with Gasteiger partial charge in [0.1, 0.15) is 0 Å². The molecule has 0 spiro atoms. The molecule has 2 aromatic rings. The van der Waals surface area contributed by atoms with Crippen molar-refractivity contribution < 1.29 is 9.52 Å². The normalized spacial score (nSPS) is 12.1. The van der Waals surface area contributed by atoms with E-state index in [0.29, 0.717) is 11.1 Å². The third-order valence-electron chi connectivity index (χ3n) is 3.26. The third-order valence-corrected chi connectivity index (χ3v) is 3.26. The molecule has 0 fully saturated rings. The van der Waals surface area contributed by atoms with Crippen molar-refractivity contribution in [3.05, 3.63) is 39.2 Å². The number of aromatic hydroxyl groups is 1. The van der Waals surface area contributed by atoms with Gasteiger partial charge in [-0.05, 0) is 30.4 Å². The maximum Gasteiger partial charge on any atom is 0.340 e. The number of rotatable bonds is 0. The molecule has 0 aliphatic rings. The van der Waals surface area contributed by atoms with Crippen molar-refractivity contribution in [3.63, 3.8) is 0 Å². The van der Waals surface area contributed by atoms with Crippen LogP contribution in [-0.4, -0.2) is 5.11 Å². The van der Waals surface area contributed by atoms with E-state index in [1.165, 1.54) is 0 Å². The Labute approximate surface area is 106 Å². The van der Waals surface area contributed by atoms with Crippen LogP contribution in [0.3, 0.4) is 0 Å². The van der Waals surface area contributed by atoms with E-state index in [4.69, 9.17) is 4.42 Å². The molecule has 0 bridgehead atoms. The van der Waals surface area contributed by atoms with Crippen molar-refractivity contribution in [2.24, 2.45) is 0 Å². The van der Waals surface area contributed by atoms with Crippen LogP contribution in [0.2, 0.25) is 0 Å². The highest BCUT2D eigenvalue weighted by molar-refractivity contribution is 5.87. The molecule has 96 valence electrons. The summed E-state index contributed by atoms with van der Waals surface area (Å²) in [5, 5.41) is 10.8. The van der Waals surface area contributed by atoms with Crippen LogP contribution in [0.25, 0.3) is 11.0 Å². The van der Waals surface area contributed by atoms with Crippen molar-refractivity contribution in [3.8, 4) is 5.75 Å².